The first-order valence-electron chi connectivity index (χ1n) is 5.65. The van der Waals surface area contributed by atoms with Crippen molar-refractivity contribution in [3.05, 3.63) is 0 Å². The lowest BCUT2D eigenvalue weighted by Crippen LogP contribution is -2.37. The molecule has 2 atom stereocenters. The Labute approximate surface area is 94.0 Å². The number of carbonyl (C=O) groups excluding carboxylic acids is 1. The summed E-state index contributed by atoms with van der Waals surface area (Å²) < 4.78 is 0. The summed E-state index contributed by atoms with van der Waals surface area (Å²) in [4.78, 5) is 11.6. The molecule has 3 heteroatoms. The van der Waals surface area contributed by atoms with Gasteiger partial charge in [0.05, 0.1) is 0 Å². The van der Waals surface area contributed by atoms with Crippen LogP contribution in [0.25, 0.3) is 0 Å². The zero-order valence-electron chi connectivity index (χ0n) is 8.47. The monoisotopic (exact) mass is 259 g/mol. The van der Waals surface area contributed by atoms with Crippen molar-refractivity contribution in [2.24, 2.45) is 11.8 Å². The van der Waals surface area contributed by atoms with E-state index in [2.05, 4.69) is 21.2 Å². The number of amides is 1. The summed E-state index contributed by atoms with van der Waals surface area (Å²) >= 11 is 3.52. The van der Waals surface area contributed by atoms with Crippen LogP contribution in [0.5, 0.6) is 0 Å². The molecule has 2 aliphatic rings. The number of hydrogen-bond acceptors (Lipinski definition) is 1. The predicted octanol–water partition coefficient (Wildman–Crippen LogP) is 2.47. The fourth-order valence-electron chi connectivity index (χ4n) is 2.26. The van der Waals surface area contributed by atoms with E-state index >= 15 is 0 Å². The molecule has 2 unspecified atom stereocenters. The third-order valence-electron chi connectivity index (χ3n) is 3.37. The highest BCUT2D eigenvalue weighted by Crippen LogP contribution is 2.33. The molecule has 1 N–H and O–H groups in total. The van der Waals surface area contributed by atoms with Crippen LogP contribution in [0.1, 0.15) is 38.5 Å². The van der Waals surface area contributed by atoms with Gasteiger partial charge in [0, 0.05) is 17.8 Å². The minimum absolute atomic E-state index is 0.283. The molecule has 0 aliphatic heterocycles. The molecule has 0 spiro atoms. The van der Waals surface area contributed by atoms with Crippen LogP contribution >= 0.6 is 15.9 Å². The Kier molecular flexibility index (Phi) is 3.47. The molecule has 0 saturated heterocycles. The first-order chi connectivity index (χ1) is 6.79. The Bertz CT molecular complexity index is 215. The van der Waals surface area contributed by atoms with Crippen molar-refractivity contribution in [2.75, 3.05) is 5.33 Å². The highest BCUT2D eigenvalue weighted by molar-refractivity contribution is 9.09. The van der Waals surface area contributed by atoms with Crippen LogP contribution < -0.4 is 5.32 Å². The van der Waals surface area contributed by atoms with Gasteiger partial charge in [0.2, 0.25) is 5.91 Å². The van der Waals surface area contributed by atoms with Gasteiger partial charge in [-0.25, -0.2) is 0 Å². The van der Waals surface area contributed by atoms with Crippen LogP contribution in [0, 0.1) is 11.8 Å². The summed E-state index contributed by atoms with van der Waals surface area (Å²) in [5.74, 6) is 1.65. The second kappa shape index (κ2) is 4.65. The van der Waals surface area contributed by atoms with Gasteiger partial charge in [-0.1, -0.05) is 22.4 Å². The third kappa shape index (κ3) is 2.72. The van der Waals surface area contributed by atoms with Gasteiger partial charge >= 0.3 is 0 Å². The molecule has 0 aromatic heterocycles. The molecule has 0 aromatic carbocycles. The van der Waals surface area contributed by atoms with Gasteiger partial charge < -0.3 is 5.32 Å². The lowest BCUT2D eigenvalue weighted by Gasteiger charge is -2.18. The highest BCUT2D eigenvalue weighted by Gasteiger charge is 2.30. The highest BCUT2D eigenvalue weighted by atomic mass is 79.9. The van der Waals surface area contributed by atoms with Crippen LogP contribution in [0.15, 0.2) is 0 Å². The van der Waals surface area contributed by atoms with E-state index in [4.69, 9.17) is 0 Å². The molecular weight excluding hydrogens is 242 g/mol. The maximum absolute atomic E-state index is 11.6. The second-order valence-electron chi connectivity index (χ2n) is 4.67. The molecule has 0 radical (unpaired) electrons. The number of carbonyl (C=O) groups is 1. The zero-order chi connectivity index (χ0) is 9.97. The fourth-order valence-corrected chi connectivity index (χ4v) is 3.04. The van der Waals surface area contributed by atoms with Crippen molar-refractivity contribution in [1.82, 2.24) is 5.32 Å². The van der Waals surface area contributed by atoms with Gasteiger partial charge in [-0.2, -0.15) is 0 Å². The molecule has 2 fully saturated rings. The summed E-state index contributed by atoms with van der Waals surface area (Å²) in [6.45, 7) is 0. The van der Waals surface area contributed by atoms with Crippen LogP contribution in [-0.4, -0.2) is 17.3 Å². The summed E-state index contributed by atoms with van der Waals surface area (Å²) in [7, 11) is 0. The van der Waals surface area contributed by atoms with Crippen molar-refractivity contribution in [2.45, 2.75) is 44.6 Å². The van der Waals surface area contributed by atoms with E-state index in [1.165, 1.54) is 32.1 Å². The van der Waals surface area contributed by atoms with Gasteiger partial charge in [-0.3, -0.25) is 4.79 Å². The van der Waals surface area contributed by atoms with E-state index in [0.717, 1.165) is 11.8 Å². The van der Waals surface area contributed by atoms with Crippen molar-refractivity contribution >= 4 is 21.8 Å². The first-order valence-corrected chi connectivity index (χ1v) is 6.77. The second-order valence-corrected chi connectivity index (χ2v) is 5.31. The maximum atomic E-state index is 11.6. The summed E-state index contributed by atoms with van der Waals surface area (Å²) in [6.07, 6.45) is 7.00. The molecule has 0 heterocycles. The van der Waals surface area contributed by atoms with E-state index in [1.54, 1.807) is 0 Å². The lowest BCUT2D eigenvalue weighted by molar-refractivity contribution is -0.122. The molecule has 2 aliphatic carbocycles. The van der Waals surface area contributed by atoms with Crippen molar-refractivity contribution in [1.29, 1.82) is 0 Å². The maximum Gasteiger partial charge on any atom is 0.220 e. The molecule has 2 saturated carbocycles. The molecule has 0 bridgehead atoms. The van der Waals surface area contributed by atoms with Crippen LogP contribution in [0.3, 0.4) is 0 Å². The molecule has 0 aromatic rings. The number of rotatable bonds is 4. The Morgan fingerprint density at radius 3 is 2.71 bits per heavy atom. The standard InChI is InChI=1S/C11H18BrNO/c12-7-9-2-1-3-10(9)13-11(14)6-8-4-5-8/h8-10H,1-7H2,(H,13,14). The van der Waals surface area contributed by atoms with Crippen LogP contribution in [-0.2, 0) is 4.79 Å². The van der Waals surface area contributed by atoms with E-state index in [0.29, 0.717) is 17.9 Å². The Balaban J connectivity index is 1.74. The molecule has 14 heavy (non-hydrogen) atoms. The number of halogens is 1. The zero-order valence-corrected chi connectivity index (χ0v) is 10.1. The largest absolute Gasteiger partial charge is 0.353 e. The fraction of sp³-hybridized carbons (Fsp3) is 0.909. The minimum atomic E-state index is 0.283. The van der Waals surface area contributed by atoms with Crippen molar-refractivity contribution in [3.8, 4) is 0 Å². The third-order valence-corrected chi connectivity index (χ3v) is 4.21. The average Bonchev–Trinajstić information content (AvgIpc) is 2.84. The Hall–Kier alpha value is -0.0500. The van der Waals surface area contributed by atoms with Gasteiger partial charge in [-0.15, -0.1) is 0 Å². The van der Waals surface area contributed by atoms with E-state index in [9.17, 15) is 4.79 Å². The molecule has 80 valence electrons. The predicted molar refractivity (Wildman–Crippen MR) is 60.4 cm³/mol. The smallest absolute Gasteiger partial charge is 0.220 e. The van der Waals surface area contributed by atoms with Crippen LogP contribution in [0.4, 0.5) is 0 Å². The van der Waals surface area contributed by atoms with Crippen molar-refractivity contribution < 1.29 is 4.79 Å². The van der Waals surface area contributed by atoms with Gasteiger partial charge in [0.25, 0.3) is 0 Å². The van der Waals surface area contributed by atoms with Gasteiger partial charge in [-0.05, 0) is 37.5 Å². The summed E-state index contributed by atoms with van der Waals surface area (Å²) in [5, 5.41) is 4.21. The summed E-state index contributed by atoms with van der Waals surface area (Å²) in [5.41, 5.74) is 0. The van der Waals surface area contributed by atoms with E-state index in [1.807, 2.05) is 0 Å². The Morgan fingerprint density at radius 2 is 2.07 bits per heavy atom. The summed E-state index contributed by atoms with van der Waals surface area (Å²) in [6, 6.07) is 0.445. The lowest BCUT2D eigenvalue weighted by atomic mass is 10.1. The Morgan fingerprint density at radius 1 is 1.29 bits per heavy atom. The van der Waals surface area contributed by atoms with E-state index < -0.39 is 0 Å². The topological polar surface area (TPSA) is 29.1 Å². The average molecular weight is 260 g/mol. The molecule has 1 amide bonds. The van der Waals surface area contributed by atoms with Gasteiger partial charge in [0.1, 0.15) is 0 Å². The molecular formula is C11H18BrNO. The first kappa shape index (κ1) is 10.5. The van der Waals surface area contributed by atoms with Crippen molar-refractivity contribution in [3.63, 3.8) is 0 Å². The normalized spacial score (nSPS) is 31.8. The molecule has 2 nitrogen and oxygen atoms in total. The van der Waals surface area contributed by atoms with Crippen LogP contribution in [0.2, 0.25) is 0 Å². The molecule has 2 rings (SSSR count). The number of nitrogens with one attached hydrogen (secondary N) is 1. The SMILES string of the molecule is O=C(CC1CC1)NC1CCCC1CBr. The number of alkyl halides is 1. The minimum Gasteiger partial charge on any atom is -0.353 e. The van der Waals surface area contributed by atoms with Gasteiger partial charge in [0.15, 0.2) is 0 Å². The quantitative estimate of drug-likeness (QED) is 0.773. The van der Waals surface area contributed by atoms with E-state index in [-0.39, 0.29) is 5.91 Å². The number of hydrogen-bond donors (Lipinski definition) is 1.